The van der Waals surface area contributed by atoms with E-state index in [1.807, 2.05) is 6.07 Å². The number of halogens is 1. The quantitative estimate of drug-likeness (QED) is 0.736. The third kappa shape index (κ3) is 3.69. The Balaban J connectivity index is 1.62. The van der Waals surface area contributed by atoms with Crippen LogP contribution in [0, 0.1) is 0 Å². The summed E-state index contributed by atoms with van der Waals surface area (Å²) in [6.07, 6.45) is 1.67. The molecular weight excluding hydrogens is 332 g/mol. The van der Waals surface area contributed by atoms with Crippen LogP contribution >= 0.6 is 11.6 Å². The molecule has 1 amide bonds. The summed E-state index contributed by atoms with van der Waals surface area (Å²) in [5.74, 6) is 0.161. The second-order valence-corrected chi connectivity index (χ2v) is 5.38. The number of hydrogen-bond acceptors (Lipinski definition) is 5. The minimum absolute atomic E-state index is 0.0705. The predicted molar refractivity (Wildman–Crippen MR) is 87.4 cm³/mol. The second-order valence-electron chi connectivity index (χ2n) is 4.97. The largest absolute Gasteiger partial charge is 0.347 e. The third-order valence-electron chi connectivity index (χ3n) is 3.27. The molecule has 24 heavy (non-hydrogen) atoms. The maximum absolute atomic E-state index is 12.0. The van der Waals surface area contributed by atoms with Crippen molar-refractivity contribution in [3.05, 3.63) is 69.4 Å². The van der Waals surface area contributed by atoms with Crippen molar-refractivity contribution >= 4 is 17.5 Å². The van der Waals surface area contributed by atoms with Crippen molar-refractivity contribution in [3.8, 4) is 11.4 Å². The smallest absolute Gasteiger partial charge is 0.259 e. The maximum atomic E-state index is 12.0. The average Bonchev–Trinajstić information content (AvgIpc) is 3.04. The van der Waals surface area contributed by atoms with Gasteiger partial charge in [0.05, 0.1) is 18.5 Å². The van der Waals surface area contributed by atoms with E-state index >= 15 is 0 Å². The molecule has 2 heterocycles. The Kier molecular flexibility index (Phi) is 4.72. The van der Waals surface area contributed by atoms with Crippen LogP contribution in [0.2, 0.25) is 5.02 Å². The molecule has 3 rings (SSSR count). The lowest BCUT2D eigenvalue weighted by molar-refractivity contribution is -0.120. The lowest BCUT2D eigenvalue weighted by Crippen LogP contribution is -2.24. The van der Waals surface area contributed by atoms with Gasteiger partial charge in [0, 0.05) is 11.2 Å². The number of carbonyl (C=O) groups is 1. The van der Waals surface area contributed by atoms with Crippen LogP contribution in [-0.4, -0.2) is 21.0 Å². The van der Waals surface area contributed by atoms with Crippen molar-refractivity contribution in [1.82, 2.24) is 20.4 Å². The van der Waals surface area contributed by atoms with E-state index in [1.54, 1.807) is 30.3 Å². The molecule has 0 aliphatic heterocycles. The first kappa shape index (κ1) is 15.9. The predicted octanol–water partition coefficient (Wildman–Crippen LogP) is 1.94. The van der Waals surface area contributed by atoms with E-state index in [9.17, 15) is 9.59 Å². The molecule has 3 aromatic rings. The van der Waals surface area contributed by atoms with Gasteiger partial charge in [0.25, 0.3) is 5.56 Å². The molecule has 0 saturated heterocycles. The van der Waals surface area contributed by atoms with Crippen LogP contribution in [0.25, 0.3) is 11.4 Å². The maximum Gasteiger partial charge on any atom is 0.259 e. The monoisotopic (exact) mass is 344 g/mol. The van der Waals surface area contributed by atoms with Crippen LogP contribution in [0.3, 0.4) is 0 Å². The van der Waals surface area contributed by atoms with Gasteiger partial charge in [-0.15, -0.1) is 0 Å². The highest BCUT2D eigenvalue weighted by atomic mass is 35.5. The van der Waals surface area contributed by atoms with Crippen LogP contribution in [0.1, 0.15) is 11.5 Å². The highest BCUT2D eigenvalue weighted by molar-refractivity contribution is 6.31. The fraction of sp³-hybridized carbons (Fsp3) is 0.125. The lowest BCUT2D eigenvalue weighted by atomic mass is 10.1. The molecule has 0 unspecified atom stereocenters. The molecule has 2 N–H and O–H groups in total. The first-order valence-electron chi connectivity index (χ1n) is 7.14. The molecule has 1 aromatic carbocycles. The van der Waals surface area contributed by atoms with Crippen molar-refractivity contribution in [2.24, 2.45) is 0 Å². The highest BCUT2D eigenvalue weighted by Gasteiger charge is 2.13. The number of carbonyl (C=O) groups excluding carboxylic acids is 1. The van der Waals surface area contributed by atoms with E-state index in [0.29, 0.717) is 10.6 Å². The summed E-state index contributed by atoms with van der Waals surface area (Å²) in [5.41, 5.74) is 0.723. The number of pyridine rings is 1. The van der Waals surface area contributed by atoms with Gasteiger partial charge in [-0.1, -0.05) is 35.0 Å². The number of aromatic amines is 1. The molecule has 7 nitrogen and oxygen atoms in total. The van der Waals surface area contributed by atoms with Gasteiger partial charge in [-0.25, -0.2) is 0 Å². The summed E-state index contributed by atoms with van der Waals surface area (Å²) < 4.78 is 5.04. The SMILES string of the molecule is O=C(Cc1ccccc1Cl)NCc1nc(-c2ccc[nH]c2=O)no1. The number of rotatable bonds is 5. The average molecular weight is 345 g/mol. The zero-order valence-electron chi connectivity index (χ0n) is 12.5. The molecule has 8 heteroatoms. The summed E-state index contributed by atoms with van der Waals surface area (Å²) in [6.45, 7) is 0.0705. The zero-order chi connectivity index (χ0) is 16.9. The fourth-order valence-corrected chi connectivity index (χ4v) is 2.29. The molecule has 122 valence electrons. The van der Waals surface area contributed by atoms with E-state index in [0.717, 1.165) is 5.56 Å². The van der Waals surface area contributed by atoms with Crippen LogP contribution < -0.4 is 10.9 Å². The highest BCUT2D eigenvalue weighted by Crippen LogP contribution is 2.15. The van der Waals surface area contributed by atoms with E-state index in [-0.39, 0.29) is 36.1 Å². The Bertz CT molecular complexity index is 919. The van der Waals surface area contributed by atoms with Crippen LogP contribution in [0.5, 0.6) is 0 Å². The fourth-order valence-electron chi connectivity index (χ4n) is 2.09. The zero-order valence-corrected chi connectivity index (χ0v) is 13.2. The number of hydrogen-bond donors (Lipinski definition) is 2. The molecule has 0 saturated carbocycles. The molecule has 0 aliphatic carbocycles. The van der Waals surface area contributed by atoms with Gasteiger partial charge < -0.3 is 14.8 Å². The van der Waals surface area contributed by atoms with E-state index in [2.05, 4.69) is 20.4 Å². The molecule has 2 aromatic heterocycles. The van der Waals surface area contributed by atoms with E-state index < -0.39 is 0 Å². The Hall–Kier alpha value is -2.93. The Morgan fingerprint density at radius 3 is 2.88 bits per heavy atom. The van der Waals surface area contributed by atoms with Gasteiger partial charge >= 0.3 is 0 Å². The van der Waals surface area contributed by atoms with Gasteiger partial charge in [0.2, 0.25) is 17.6 Å². The van der Waals surface area contributed by atoms with Gasteiger partial charge in [-0.05, 0) is 23.8 Å². The molecular formula is C16H13ClN4O3. The summed E-state index contributed by atoms with van der Waals surface area (Å²) >= 11 is 6.02. The van der Waals surface area contributed by atoms with Crippen molar-refractivity contribution < 1.29 is 9.32 Å². The number of nitrogens with one attached hydrogen (secondary N) is 2. The van der Waals surface area contributed by atoms with Crippen molar-refractivity contribution in [2.75, 3.05) is 0 Å². The van der Waals surface area contributed by atoms with Gasteiger partial charge in [-0.2, -0.15) is 4.98 Å². The Morgan fingerprint density at radius 1 is 1.25 bits per heavy atom. The molecule has 0 atom stereocenters. The number of amides is 1. The van der Waals surface area contributed by atoms with Gasteiger partial charge in [0.1, 0.15) is 0 Å². The topological polar surface area (TPSA) is 101 Å². The summed E-state index contributed by atoms with van der Waals surface area (Å²) in [7, 11) is 0. The number of H-pyrrole nitrogens is 1. The third-order valence-corrected chi connectivity index (χ3v) is 3.64. The number of benzene rings is 1. The summed E-state index contributed by atoms with van der Waals surface area (Å²) in [5, 5.41) is 6.96. The first-order valence-corrected chi connectivity index (χ1v) is 7.52. The molecule has 0 radical (unpaired) electrons. The minimum Gasteiger partial charge on any atom is -0.347 e. The molecule has 0 spiro atoms. The Labute approximate surface area is 141 Å². The second kappa shape index (κ2) is 7.10. The Morgan fingerprint density at radius 2 is 2.08 bits per heavy atom. The van der Waals surface area contributed by atoms with E-state index in [4.69, 9.17) is 16.1 Å². The number of nitrogens with zero attached hydrogens (tertiary/aromatic N) is 2. The van der Waals surface area contributed by atoms with Gasteiger partial charge in [0.15, 0.2) is 0 Å². The van der Waals surface area contributed by atoms with E-state index in [1.165, 1.54) is 6.20 Å². The summed E-state index contributed by atoms with van der Waals surface area (Å²) in [6, 6.07) is 10.4. The van der Waals surface area contributed by atoms with Crippen LogP contribution in [0.15, 0.2) is 51.9 Å². The van der Waals surface area contributed by atoms with Crippen LogP contribution in [0.4, 0.5) is 0 Å². The molecule has 0 bridgehead atoms. The molecule has 0 aliphatic rings. The first-order chi connectivity index (χ1) is 11.6. The number of aromatic nitrogens is 3. The van der Waals surface area contributed by atoms with Crippen LogP contribution in [-0.2, 0) is 17.8 Å². The van der Waals surface area contributed by atoms with Crippen molar-refractivity contribution in [1.29, 1.82) is 0 Å². The lowest BCUT2D eigenvalue weighted by Gasteiger charge is -2.04. The minimum atomic E-state index is -0.312. The molecule has 0 fully saturated rings. The van der Waals surface area contributed by atoms with Gasteiger partial charge in [-0.3, -0.25) is 9.59 Å². The standard InChI is InChI=1S/C16H13ClN4O3/c17-12-6-2-1-4-10(12)8-13(22)19-9-14-20-15(21-24-14)11-5-3-7-18-16(11)23/h1-7H,8-9H2,(H,18,23)(H,19,22). The normalized spacial score (nSPS) is 10.5. The van der Waals surface area contributed by atoms with Crippen molar-refractivity contribution in [2.45, 2.75) is 13.0 Å². The van der Waals surface area contributed by atoms with Crippen molar-refractivity contribution in [3.63, 3.8) is 0 Å². The summed E-state index contributed by atoms with van der Waals surface area (Å²) in [4.78, 5) is 30.3.